The van der Waals surface area contributed by atoms with Crippen LogP contribution in [0.25, 0.3) is 0 Å². The SMILES string of the molecule is CCCC[C@@H](C(=O)O[C@H](c1ccccc1)[C@H](C)N(Cc1ccccc1C)Cc1c(C)cc(C)cc1C)[C@H](O)c1ccccc1. The number of carbonyl (C=O) groups excluding carboxylic acids is 1. The molecule has 0 saturated carbocycles. The zero-order valence-electron chi connectivity index (χ0n) is 27.3. The van der Waals surface area contributed by atoms with Crippen molar-refractivity contribution < 1.29 is 14.6 Å². The summed E-state index contributed by atoms with van der Waals surface area (Å²) in [5.74, 6) is -1.00. The van der Waals surface area contributed by atoms with E-state index in [0.29, 0.717) is 13.0 Å². The van der Waals surface area contributed by atoms with Gasteiger partial charge in [0.2, 0.25) is 0 Å². The first-order chi connectivity index (χ1) is 21.2. The number of hydrogen-bond donors (Lipinski definition) is 1. The van der Waals surface area contributed by atoms with E-state index in [0.717, 1.165) is 30.5 Å². The van der Waals surface area contributed by atoms with Crippen LogP contribution in [0.3, 0.4) is 0 Å². The van der Waals surface area contributed by atoms with Gasteiger partial charge in [-0.1, -0.05) is 122 Å². The van der Waals surface area contributed by atoms with E-state index in [4.69, 9.17) is 4.74 Å². The van der Waals surface area contributed by atoms with E-state index in [9.17, 15) is 9.90 Å². The van der Waals surface area contributed by atoms with Crippen molar-refractivity contribution in [2.75, 3.05) is 0 Å². The quantitative estimate of drug-likeness (QED) is 0.149. The van der Waals surface area contributed by atoms with E-state index in [1.54, 1.807) is 0 Å². The largest absolute Gasteiger partial charge is 0.456 e. The lowest BCUT2D eigenvalue weighted by Crippen LogP contribution is -2.40. The average molecular weight is 592 g/mol. The van der Waals surface area contributed by atoms with Crippen molar-refractivity contribution in [1.82, 2.24) is 4.90 Å². The van der Waals surface area contributed by atoms with E-state index in [1.807, 2.05) is 60.7 Å². The van der Waals surface area contributed by atoms with E-state index in [-0.39, 0.29) is 12.0 Å². The maximum atomic E-state index is 14.1. The molecule has 0 aliphatic rings. The summed E-state index contributed by atoms with van der Waals surface area (Å²) < 4.78 is 6.53. The second-order valence-corrected chi connectivity index (χ2v) is 12.3. The van der Waals surface area contributed by atoms with Gasteiger partial charge in [0.25, 0.3) is 0 Å². The average Bonchev–Trinajstić information content (AvgIpc) is 3.02. The van der Waals surface area contributed by atoms with Crippen LogP contribution < -0.4 is 0 Å². The molecule has 0 bridgehead atoms. The zero-order chi connectivity index (χ0) is 31.6. The minimum atomic E-state index is -0.928. The van der Waals surface area contributed by atoms with Gasteiger partial charge in [0, 0.05) is 19.1 Å². The molecule has 0 radical (unpaired) electrons. The molecule has 0 heterocycles. The number of benzene rings is 4. The highest BCUT2D eigenvalue weighted by molar-refractivity contribution is 5.74. The number of carbonyl (C=O) groups is 1. The highest BCUT2D eigenvalue weighted by Gasteiger charge is 2.35. The van der Waals surface area contributed by atoms with Crippen LogP contribution in [-0.2, 0) is 22.6 Å². The predicted octanol–water partition coefficient (Wildman–Crippen LogP) is 9.14. The van der Waals surface area contributed by atoms with E-state index in [1.165, 1.54) is 33.4 Å². The Morgan fingerprint density at radius 2 is 1.34 bits per heavy atom. The van der Waals surface area contributed by atoms with Gasteiger partial charge in [-0.05, 0) is 80.0 Å². The Labute approximate surface area is 264 Å². The number of rotatable bonds is 14. The minimum Gasteiger partial charge on any atom is -0.456 e. The fraction of sp³-hybridized carbons (Fsp3) is 0.375. The van der Waals surface area contributed by atoms with E-state index >= 15 is 0 Å². The highest BCUT2D eigenvalue weighted by Crippen LogP contribution is 2.34. The van der Waals surface area contributed by atoms with E-state index < -0.39 is 18.1 Å². The highest BCUT2D eigenvalue weighted by atomic mass is 16.5. The maximum absolute atomic E-state index is 14.1. The van der Waals surface area contributed by atoms with E-state index in [2.05, 4.69) is 82.8 Å². The third kappa shape index (κ3) is 8.46. The molecule has 0 aliphatic heterocycles. The summed E-state index contributed by atoms with van der Waals surface area (Å²) in [5.41, 5.74) is 9.26. The van der Waals surface area contributed by atoms with Crippen LogP contribution in [-0.4, -0.2) is 22.0 Å². The zero-order valence-corrected chi connectivity index (χ0v) is 27.3. The number of nitrogens with zero attached hydrogens (tertiary/aromatic N) is 1. The van der Waals surface area contributed by atoms with Gasteiger partial charge < -0.3 is 9.84 Å². The van der Waals surface area contributed by atoms with Crippen molar-refractivity contribution in [3.05, 3.63) is 142 Å². The molecule has 4 atom stereocenters. The number of aryl methyl sites for hydroxylation is 4. The summed E-state index contributed by atoms with van der Waals surface area (Å²) >= 11 is 0. The summed E-state index contributed by atoms with van der Waals surface area (Å²) in [6, 6.07) is 32.4. The molecule has 232 valence electrons. The Bertz CT molecular complexity index is 1460. The maximum Gasteiger partial charge on any atom is 0.312 e. The lowest BCUT2D eigenvalue weighted by Gasteiger charge is -2.36. The van der Waals surface area contributed by atoms with Gasteiger partial charge in [0.15, 0.2) is 0 Å². The molecule has 0 amide bonds. The monoisotopic (exact) mass is 591 g/mol. The molecule has 4 rings (SSSR count). The van der Waals surface area contributed by atoms with Gasteiger partial charge in [0.1, 0.15) is 6.10 Å². The molecule has 1 N–H and O–H groups in total. The van der Waals surface area contributed by atoms with Crippen molar-refractivity contribution in [3.8, 4) is 0 Å². The number of hydrogen-bond acceptors (Lipinski definition) is 4. The van der Waals surface area contributed by atoms with Crippen molar-refractivity contribution in [2.24, 2.45) is 5.92 Å². The molecule has 44 heavy (non-hydrogen) atoms. The van der Waals surface area contributed by atoms with Crippen LogP contribution in [0.15, 0.2) is 97.1 Å². The molecule has 0 spiro atoms. The fourth-order valence-electron chi connectivity index (χ4n) is 6.22. The van der Waals surface area contributed by atoms with Crippen LogP contribution in [0.4, 0.5) is 0 Å². The Balaban J connectivity index is 1.72. The van der Waals surface area contributed by atoms with Crippen LogP contribution in [0.2, 0.25) is 0 Å². The number of aliphatic hydroxyl groups excluding tert-OH is 1. The number of aliphatic hydroxyl groups is 1. The van der Waals surface area contributed by atoms with Crippen LogP contribution in [0.5, 0.6) is 0 Å². The van der Waals surface area contributed by atoms with Crippen LogP contribution in [0, 0.1) is 33.6 Å². The summed E-state index contributed by atoms with van der Waals surface area (Å²) in [6.07, 6.45) is 0.883. The number of ether oxygens (including phenoxy) is 1. The molecular weight excluding hydrogens is 542 g/mol. The van der Waals surface area contributed by atoms with Gasteiger partial charge in [-0.2, -0.15) is 0 Å². The predicted molar refractivity (Wildman–Crippen MR) is 180 cm³/mol. The molecule has 4 heteroatoms. The molecule has 0 fully saturated rings. The Hall–Kier alpha value is -3.73. The standard InChI is InChI=1S/C40H49NO3/c1-7-8-23-36(38(42)33-18-11-9-12-19-33)40(43)44-39(34-20-13-10-14-21-34)32(6)41(26-35-22-16-15-17-29(35)3)27-37-30(4)24-28(2)25-31(37)5/h9-22,24-25,32,36,38-39,42H,7-8,23,26-27H2,1-6H3/t32-,36+,38+,39-/m0/s1. The second kappa shape index (κ2) is 15.8. The number of esters is 1. The molecule has 0 unspecified atom stereocenters. The fourth-order valence-corrected chi connectivity index (χ4v) is 6.22. The summed E-state index contributed by atoms with van der Waals surface area (Å²) in [4.78, 5) is 16.5. The van der Waals surface area contributed by atoms with Crippen molar-refractivity contribution in [1.29, 1.82) is 0 Å². The van der Waals surface area contributed by atoms with Gasteiger partial charge in [-0.3, -0.25) is 9.69 Å². The molecule has 0 saturated heterocycles. The Morgan fingerprint density at radius 1 is 0.773 bits per heavy atom. The third-order valence-electron chi connectivity index (χ3n) is 8.92. The van der Waals surface area contributed by atoms with Crippen molar-refractivity contribution in [3.63, 3.8) is 0 Å². The molecule has 0 aliphatic carbocycles. The van der Waals surface area contributed by atoms with Gasteiger partial charge >= 0.3 is 5.97 Å². The summed E-state index contributed by atoms with van der Waals surface area (Å²) in [6.45, 7) is 14.4. The molecule has 4 aromatic carbocycles. The molecule has 0 aromatic heterocycles. The summed E-state index contributed by atoms with van der Waals surface area (Å²) in [7, 11) is 0. The normalized spacial score (nSPS) is 14.2. The first-order valence-corrected chi connectivity index (χ1v) is 16.0. The molecule has 4 nitrogen and oxygen atoms in total. The van der Waals surface area contributed by atoms with Gasteiger partial charge in [-0.25, -0.2) is 0 Å². The number of unbranched alkanes of at least 4 members (excludes halogenated alkanes) is 1. The van der Waals surface area contributed by atoms with Crippen LogP contribution >= 0.6 is 0 Å². The topological polar surface area (TPSA) is 49.8 Å². The first-order valence-electron chi connectivity index (χ1n) is 16.0. The van der Waals surface area contributed by atoms with Crippen LogP contribution in [0.1, 0.15) is 89.8 Å². The van der Waals surface area contributed by atoms with Gasteiger partial charge in [-0.15, -0.1) is 0 Å². The first kappa shape index (κ1) is 33.2. The smallest absolute Gasteiger partial charge is 0.312 e. The van der Waals surface area contributed by atoms with Crippen molar-refractivity contribution >= 4 is 5.97 Å². The Morgan fingerprint density at radius 3 is 1.93 bits per heavy atom. The Kier molecular flexibility index (Phi) is 11.9. The minimum absolute atomic E-state index is 0.151. The lowest BCUT2D eigenvalue weighted by atomic mass is 9.90. The molecule has 4 aromatic rings. The summed E-state index contributed by atoms with van der Waals surface area (Å²) in [5, 5.41) is 11.4. The van der Waals surface area contributed by atoms with Gasteiger partial charge in [0.05, 0.1) is 12.0 Å². The third-order valence-corrected chi connectivity index (χ3v) is 8.92. The molecular formula is C40H49NO3. The lowest BCUT2D eigenvalue weighted by molar-refractivity contribution is -0.163. The van der Waals surface area contributed by atoms with Crippen molar-refractivity contribution in [2.45, 2.75) is 92.1 Å². The second-order valence-electron chi connectivity index (χ2n) is 12.3.